The lowest BCUT2D eigenvalue weighted by Gasteiger charge is -2.40. The third-order valence-corrected chi connectivity index (χ3v) is 32.1. The lowest BCUT2D eigenvalue weighted by atomic mass is 9.64. The van der Waals surface area contributed by atoms with Gasteiger partial charge < -0.3 is 18.2 Å². The molecule has 0 amide bonds. The first kappa shape index (κ1) is 75.1. The summed E-state index contributed by atoms with van der Waals surface area (Å²) in [6, 6.07) is 79.1. The van der Waals surface area contributed by atoms with Crippen LogP contribution >= 0.6 is 0 Å². The van der Waals surface area contributed by atoms with Crippen LogP contribution in [0.4, 0.5) is 17.1 Å². The number of anilines is 3. The van der Waals surface area contributed by atoms with Gasteiger partial charge in [-0.3, -0.25) is 0 Å². The van der Waals surface area contributed by atoms with Gasteiger partial charge in [-0.15, -0.1) is 0 Å². The molecule has 7 aliphatic carbocycles. The number of hydrogen-bond donors (Lipinski definition) is 0. The van der Waals surface area contributed by atoms with E-state index >= 15 is 0 Å². The molecular weight excluding hydrogens is 1440 g/mol. The Morgan fingerprint density at radius 2 is 0.655 bits per heavy atom. The van der Waals surface area contributed by atoms with E-state index in [1.165, 1.54) is 295 Å². The van der Waals surface area contributed by atoms with Crippen molar-refractivity contribution < 1.29 is 13.3 Å². The van der Waals surface area contributed by atoms with Crippen LogP contribution in [0.1, 0.15) is 304 Å². The summed E-state index contributed by atoms with van der Waals surface area (Å²) >= 11 is 0. The third kappa shape index (κ3) is 10.5. The molecule has 3 heterocycles. The van der Waals surface area contributed by atoms with Crippen LogP contribution in [0.15, 0.2) is 213 Å². The summed E-state index contributed by atoms with van der Waals surface area (Å²) in [6.45, 7) is 29.6. The average molecular weight is 1560 g/mol. The van der Waals surface area contributed by atoms with E-state index in [1.54, 1.807) is 22.3 Å². The number of benzene rings is 12. The SMILES string of the molecule is CCCCCCCC12CCC(CCCCC)(CCCCC)CCC3(CCCCCCC)c4cc(N(c5ccc6c(c5)C(C)(C)c5cc7c(cc5-6)C(C)(C)c5ccc6oc8ccccc8c6c5-7)c5ccc6c(c5)C(C)(C)c5c7c(c8c(oc9ccccc98)c5-6)-c5ccccc5C7(C)C)ccc4-c4c3c1c(c1oc3ccccc3c41)-c1ccccc12. The molecule has 3 aromatic heterocycles. The van der Waals surface area contributed by atoms with Crippen molar-refractivity contribution in [1.82, 2.24) is 0 Å². The smallest absolute Gasteiger partial charge is 0.144 e. The van der Waals surface area contributed by atoms with Crippen LogP contribution in [0.2, 0.25) is 0 Å². The molecule has 7 aliphatic rings. The molecular formula is C115H117NO3. The Kier molecular flexibility index (Phi) is 17.3. The van der Waals surface area contributed by atoms with E-state index in [-0.39, 0.29) is 32.5 Å². The Hall–Kier alpha value is -10.2. The summed E-state index contributed by atoms with van der Waals surface area (Å²) in [6.07, 6.45) is 29.8. The highest BCUT2D eigenvalue weighted by molar-refractivity contribution is 6.23. The molecule has 0 spiro atoms. The van der Waals surface area contributed by atoms with Crippen LogP contribution in [0.3, 0.4) is 0 Å². The van der Waals surface area contributed by atoms with Crippen molar-refractivity contribution in [3.8, 4) is 66.8 Å². The zero-order valence-electron chi connectivity index (χ0n) is 72.7. The Labute approximate surface area is 705 Å². The Bertz CT molecular complexity index is 6710. The van der Waals surface area contributed by atoms with Crippen LogP contribution < -0.4 is 4.90 Å². The molecule has 0 saturated carbocycles. The first-order chi connectivity index (χ1) is 57.8. The quantitative estimate of drug-likeness (QED) is 0.0599. The van der Waals surface area contributed by atoms with Crippen molar-refractivity contribution in [1.29, 1.82) is 0 Å². The molecule has 4 heteroatoms. The minimum Gasteiger partial charge on any atom is -0.456 e. The molecule has 4 nitrogen and oxygen atoms in total. The van der Waals surface area contributed by atoms with E-state index in [2.05, 4.69) is 288 Å². The second-order valence-corrected chi connectivity index (χ2v) is 40.0. The van der Waals surface area contributed by atoms with Gasteiger partial charge in [0.15, 0.2) is 0 Å². The number of unbranched alkanes of at least 4 members (excludes halogenated alkanes) is 12. The minimum absolute atomic E-state index is 0.195. The molecule has 15 aromatic rings. The van der Waals surface area contributed by atoms with Crippen LogP contribution in [-0.4, -0.2) is 0 Å². The number of nitrogens with zero attached hydrogens (tertiary/aromatic N) is 1. The maximum Gasteiger partial charge on any atom is 0.144 e. The predicted molar refractivity (Wildman–Crippen MR) is 502 cm³/mol. The van der Waals surface area contributed by atoms with Crippen LogP contribution in [0.25, 0.3) is 133 Å². The van der Waals surface area contributed by atoms with Gasteiger partial charge in [0.25, 0.3) is 0 Å². The zero-order valence-corrected chi connectivity index (χ0v) is 72.7. The van der Waals surface area contributed by atoms with Crippen molar-refractivity contribution >= 4 is 82.9 Å². The number of fused-ring (bicyclic) bond motifs is 33. The van der Waals surface area contributed by atoms with Crippen molar-refractivity contribution in [3.05, 3.63) is 267 Å². The monoisotopic (exact) mass is 1560 g/mol. The Morgan fingerprint density at radius 1 is 0.261 bits per heavy atom. The molecule has 0 saturated heterocycles. The van der Waals surface area contributed by atoms with E-state index in [1.807, 2.05) is 0 Å². The minimum atomic E-state index is -0.426. The first-order valence-corrected chi connectivity index (χ1v) is 46.5. The van der Waals surface area contributed by atoms with Gasteiger partial charge in [0.2, 0.25) is 0 Å². The average Bonchev–Trinajstić information content (AvgIpc) is 1.50. The number of hydrogen-bond acceptors (Lipinski definition) is 4. The molecule has 2 atom stereocenters. The fourth-order valence-electron chi connectivity index (χ4n) is 26.2. The summed E-state index contributed by atoms with van der Waals surface area (Å²) < 4.78 is 21.8. The van der Waals surface area contributed by atoms with E-state index < -0.39 is 5.41 Å². The topological polar surface area (TPSA) is 42.7 Å². The van der Waals surface area contributed by atoms with Crippen molar-refractivity contribution in [2.45, 2.75) is 270 Å². The Balaban J connectivity index is 0.803. The molecule has 22 rings (SSSR count). The van der Waals surface area contributed by atoms with Gasteiger partial charge in [0.05, 0.1) is 0 Å². The van der Waals surface area contributed by atoms with Crippen LogP contribution in [0, 0.1) is 5.41 Å². The van der Waals surface area contributed by atoms with Gasteiger partial charge >= 0.3 is 0 Å². The standard InChI is InChI=1S/C115H117NO3/c1-13-17-21-23-37-59-114-63-61-113(57-35-19-15-3,58-36-20-16-4)62-64-115(60-38-24-22-18-14-2)90-67-72(51-54-77(90)98-100-80-43-29-34-48-93(80)119-108(100)102(106(114)105(98)115)75-40-26-31-45-84(75)114)116(70-49-52-73-81-68-89-82(69-88(81)110(7,8)86(73)65-70)95-85(109(89,5)6)55-56-94-96(95)78-41-27-32-46-91(78)117-94)71-50-53-76-87(66-71)112(11,12)104-101(76)107-99(79-42-28-33-47-92(79)118-107)97-74-39-25-30-44-83(74)111(9,10)103(97)104/h25-34,39-56,65-69H,13-24,35-38,57-64H2,1-12H3. The molecule has 600 valence electrons. The number of furan rings is 3. The molecule has 0 aliphatic heterocycles. The predicted octanol–water partition coefficient (Wildman–Crippen LogP) is 34.1. The van der Waals surface area contributed by atoms with Crippen LogP contribution in [-0.2, 0) is 32.5 Å². The second-order valence-electron chi connectivity index (χ2n) is 40.0. The summed E-state index contributed by atoms with van der Waals surface area (Å²) in [5.41, 5.74) is 41.7. The highest BCUT2D eigenvalue weighted by Gasteiger charge is 2.57. The van der Waals surface area contributed by atoms with Gasteiger partial charge in [-0.25, -0.2) is 0 Å². The zero-order chi connectivity index (χ0) is 81.0. The van der Waals surface area contributed by atoms with Gasteiger partial charge in [0, 0.05) is 93.0 Å². The maximum atomic E-state index is 7.72. The van der Waals surface area contributed by atoms with Crippen LogP contribution in [0.5, 0.6) is 0 Å². The van der Waals surface area contributed by atoms with E-state index in [9.17, 15) is 0 Å². The maximum absolute atomic E-state index is 7.72. The molecule has 0 N–H and O–H groups in total. The number of rotatable bonds is 23. The summed E-state index contributed by atoms with van der Waals surface area (Å²) in [5, 5.41) is 7.42. The molecule has 2 unspecified atom stereocenters. The lowest BCUT2D eigenvalue weighted by Crippen LogP contribution is -2.32. The first-order valence-electron chi connectivity index (χ1n) is 46.5. The molecule has 12 aromatic carbocycles. The van der Waals surface area contributed by atoms with Gasteiger partial charge in [0.1, 0.15) is 33.5 Å². The highest BCUT2D eigenvalue weighted by atomic mass is 16.3. The second kappa shape index (κ2) is 27.4. The molecule has 0 radical (unpaired) electrons. The molecule has 0 fully saturated rings. The molecule has 119 heavy (non-hydrogen) atoms. The van der Waals surface area contributed by atoms with Gasteiger partial charge in [-0.1, -0.05) is 313 Å². The van der Waals surface area contributed by atoms with E-state index in [4.69, 9.17) is 13.3 Å². The lowest BCUT2D eigenvalue weighted by molar-refractivity contribution is 0.154. The van der Waals surface area contributed by atoms with E-state index in [0.29, 0.717) is 0 Å². The fraction of sp³-hybridized carbons (Fsp3) is 0.374. The largest absolute Gasteiger partial charge is 0.456 e. The van der Waals surface area contributed by atoms with Crippen molar-refractivity contribution in [2.24, 2.45) is 5.41 Å². The summed E-state index contributed by atoms with van der Waals surface area (Å²) in [5.74, 6) is 0. The summed E-state index contributed by atoms with van der Waals surface area (Å²) in [7, 11) is 0. The van der Waals surface area contributed by atoms with Gasteiger partial charge in [-0.2, -0.15) is 0 Å². The summed E-state index contributed by atoms with van der Waals surface area (Å²) in [4.78, 5) is 2.75. The fourth-order valence-corrected chi connectivity index (χ4v) is 26.2. The van der Waals surface area contributed by atoms with Gasteiger partial charge in [-0.05, 0) is 252 Å². The highest BCUT2D eigenvalue weighted by Crippen LogP contribution is 2.71. The normalized spacial score (nSPS) is 18.9. The van der Waals surface area contributed by atoms with Crippen molar-refractivity contribution in [2.75, 3.05) is 4.90 Å². The van der Waals surface area contributed by atoms with Crippen molar-refractivity contribution in [3.63, 3.8) is 0 Å². The third-order valence-electron chi connectivity index (χ3n) is 32.1. The molecule has 0 bridgehead atoms. The number of para-hydroxylation sites is 3. The Morgan fingerprint density at radius 3 is 1.25 bits per heavy atom. The van der Waals surface area contributed by atoms with E-state index in [0.717, 1.165) is 52.8 Å².